The number of thiazole rings is 1. The molecule has 11 heteroatoms. The number of rotatable bonds is 6. The number of alkyl halides is 3. The zero-order chi connectivity index (χ0) is 32.3. The van der Waals surface area contributed by atoms with Gasteiger partial charge >= 0.3 is 6.18 Å². The maximum Gasteiger partial charge on any atom is 0.416 e. The van der Waals surface area contributed by atoms with E-state index in [-0.39, 0.29) is 29.7 Å². The third-order valence-electron chi connectivity index (χ3n) is 8.71. The van der Waals surface area contributed by atoms with Crippen molar-refractivity contribution in [3.63, 3.8) is 0 Å². The normalized spacial score (nSPS) is 16.3. The van der Waals surface area contributed by atoms with Crippen molar-refractivity contribution in [3.05, 3.63) is 112 Å². The van der Waals surface area contributed by atoms with Gasteiger partial charge in [0.15, 0.2) is 0 Å². The Morgan fingerprint density at radius 3 is 2.04 bits per heavy atom. The van der Waals surface area contributed by atoms with E-state index in [0.717, 1.165) is 17.1 Å². The lowest BCUT2D eigenvalue weighted by Crippen LogP contribution is -2.46. The van der Waals surface area contributed by atoms with Crippen molar-refractivity contribution < 1.29 is 27.6 Å². The Morgan fingerprint density at radius 1 is 0.761 bits per heavy atom. The van der Waals surface area contributed by atoms with Gasteiger partial charge in [-0.15, -0.1) is 11.3 Å². The summed E-state index contributed by atoms with van der Waals surface area (Å²) in [5.41, 5.74) is 1.90. The zero-order valence-electron chi connectivity index (χ0n) is 25.0. The molecule has 3 aromatic carbocycles. The van der Waals surface area contributed by atoms with Crippen LogP contribution in [0.3, 0.4) is 0 Å². The number of benzene rings is 3. The van der Waals surface area contributed by atoms with Crippen molar-refractivity contribution >= 4 is 29.1 Å². The molecule has 46 heavy (non-hydrogen) atoms. The molecule has 3 heterocycles. The van der Waals surface area contributed by atoms with Crippen LogP contribution in [-0.4, -0.2) is 64.7 Å². The number of nitrogens with one attached hydrogen (secondary N) is 1. The smallest absolute Gasteiger partial charge is 0.349 e. The van der Waals surface area contributed by atoms with Crippen LogP contribution in [-0.2, 0) is 6.18 Å². The molecule has 0 atom stereocenters. The van der Waals surface area contributed by atoms with E-state index < -0.39 is 11.7 Å². The summed E-state index contributed by atoms with van der Waals surface area (Å²) >= 11 is 1.46. The van der Waals surface area contributed by atoms with E-state index >= 15 is 0 Å². The molecule has 2 aliphatic heterocycles. The number of amides is 3. The van der Waals surface area contributed by atoms with Gasteiger partial charge in [-0.25, -0.2) is 4.98 Å². The topological polar surface area (TPSA) is 82.6 Å². The third kappa shape index (κ3) is 6.99. The van der Waals surface area contributed by atoms with Crippen LogP contribution in [0.5, 0.6) is 0 Å². The monoisotopic (exact) mass is 646 g/mol. The number of aromatic nitrogens is 1. The van der Waals surface area contributed by atoms with Gasteiger partial charge in [-0.05, 0) is 67.1 Å². The fourth-order valence-corrected chi connectivity index (χ4v) is 7.05. The second kappa shape index (κ2) is 13.5. The molecule has 1 aromatic heterocycles. The van der Waals surface area contributed by atoms with Gasteiger partial charge in [0.25, 0.3) is 17.7 Å². The van der Waals surface area contributed by atoms with E-state index in [1.165, 1.54) is 23.5 Å². The average Bonchev–Trinajstić information content (AvgIpc) is 3.59. The minimum absolute atomic E-state index is 0.0116. The first kappa shape index (κ1) is 31.5. The van der Waals surface area contributed by atoms with Gasteiger partial charge in [-0.3, -0.25) is 14.4 Å². The molecule has 0 saturated carbocycles. The van der Waals surface area contributed by atoms with Gasteiger partial charge in [0.2, 0.25) is 0 Å². The first-order valence-electron chi connectivity index (χ1n) is 15.3. The van der Waals surface area contributed by atoms with Crippen molar-refractivity contribution in [2.45, 2.75) is 43.8 Å². The summed E-state index contributed by atoms with van der Waals surface area (Å²) in [5.74, 6) is -0.250. The van der Waals surface area contributed by atoms with Gasteiger partial charge in [-0.2, -0.15) is 13.2 Å². The third-order valence-corrected chi connectivity index (χ3v) is 9.71. The molecule has 2 aliphatic rings. The number of carbonyl (C=O) groups excluding carboxylic acids is 3. The van der Waals surface area contributed by atoms with Crippen molar-refractivity contribution in [1.29, 1.82) is 0 Å². The number of likely N-dealkylation sites (tertiary alicyclic amines) is 2. The second-order valence-corrected chi connectivity index (χ2v) is 12.6. The molecule has 2 fully saturated rings. The van der Waals surface area contributed by atoms with E-state index in [4.69, 9.17) is 4.98 Å². The quantitative estimate of drug-likeness (QED) is 0.248. The minimum atomic E-state index is -4.43. The molecule has 0 radical (unpaired) electrons. The van der Waals surface area contributed by atoms with Crippen LogP contribution in [0, 0.1) is 0 Å². The molecule has 0 spiro atoms. The molecule has 3 amide bonds. The largest absolute Gasteiger partial charge is 0.416 e. The molecular weight excluding hydrogens is 613 g/mol. The van der Waals surface area contributed by atoms with Crippen LogP contribution in [0.25, 0.3) is 11.1 Å². The highest BCUT2D eigenvalue weighted by Gasteiger charge is 2.32. The molecule has 2 saturated heterocycles. The van der Waals surface area contributed by atoms with Crippen LogP contribution in [0.2, 0.25) is 0 Å². The Labute approximate surface area is 269 Å². The van der Waals surface area contributed by atoms with Gasteiger partial charge < -0.3 is 15.1 Å². The van der Waals surface area contributed by atoms with E-state index in [1.54, 1.807) is 51.6 Å². The summed E-state index contributed by atoms with van der Waals surface area (Å²) < 4.78 is 39.2. The molecule has 7 nitrogen and oxygen atoms in total. The summed E-state index contributed by atoms with van der Waals surface area (Å²) in [5, 5.41) is 5.75. The molecule has 0 unspecified atom stereocenters. The number of nitrogens with zero attached hydrogens (tertiary/aromatic N) is 3. The molecule has 1 N–H and O–H groups in total. The standard InChI is InChI=1S/C35H33F3N4O3S/c36-35(37,38)26-12-10-23(11-13-26)28-8-4-5-9-29(28)33(44)41-18-14-25(15-19-41)32-40-30(22-46-32)34(45)42-20-16-27(17-21-42)39-31(43)24-6-2-1-3-7-24/h1-13,22,25,27H,14-21H2,(H,39,43). The number of halogens is 3. The Kier molecular flexibility index (Phi) is 9.21. The Morgan fingerprint density at radius 2 is 1.37 bits per heavy atom. The Balaban J connectivity index is 1.02. The van der Waals surface area contributed by atoms with Crippen LogP contribution in [0.15, 0.2) is 84.2 Å². The summed E-state index contributed by atoms with van der Waals surface area (Å²) in [7, 11) is 0. The van der Waals surface area contributed by atoms with Crippen molar-refractivity contribution in [2.75, 3.05) is 26.2 Å². The lowest BCUT2D eigenvalue weighted by molar-refractivity contribution is -0.137. The summed E-state index contributed by atoms with van der Waals surface area (Å²) in [6.45, 7) is 2.10. The molecule has 6 rings (SSSR count). The lowest BCUT2D eigenvalue weighted by atomic mass is 9.94. The molecule has 0 bridgehead atoms. The first-order chi connectivity index (χ1) is 22.2. The highest BCUT2D eigenvalue weighted by atomic mass is 32.1. The van der Waals surface area contributed by atoms with Crippen LogP contribution >= 0.6 is 11.3 Å². The van der Waals surface area contributed by atoms with Crippen molar-refractivity contribution in [1.82, 2.24) is 20.1 Å². The van der Waals surface area contributed by atoms with Gasteiger partial charge in [-0.1, -0.05) is 48.5 Å². The number of hydrogen-bond acceptors (Lipinski definition) is 5. The Bertz CT molecular complexity index is 1690. The predicted molar refractivity (Wildman–Crippen MR) is 170 cm³/mol. The van der Waals surface area contributed by atoms with Gasteiger partial charge in [0.1, 0.15) is 5.69 Å². The molecule has 238 valence electrons. The average molecular weight is 647 g/mol. The number of piperidine rings is 2. The van der Waals surface area contributed by atoms with Crippen LogP contribution in [0.1, 0.15) is 73.4 Å². The van der Waals surface area contributed by atoms with E-state index in [1.807, 2.05) is 18.2 Å². The summed E-state index contributed by atoms with van der Waals surface area (Å²) in [4.78, 5) is 47.5. The highest BCUT2D eigenvalue weighted by molar-refractivity contribution is 7.09. The maximum absolute atomic E-state index is 13.5. The first-order valence-corrected chi connectivity index (χ1v) is 16.2. The molecule has 4 aromatic rings. The summed E-state index contributed by atoms with van der Waals surface area (Å²) in [6.07, 6.45) is -1.68. The fraction of sp³-hybridized carbons (Fsp3) is 0.314. The molecule has 0 aliphatic carbocycles. The highest BCUT2D eigenvalue weighted by Crippen LogP contribution is 2.34. The SMILES string of the molecule is O=C(NC1CCN(C(=O)c2csc(C3CCN(C(=O)c4ccccc4-c4ccc(C(F)(F)F)cc4)CC3)n2)CC1)c1ccccc1. The van der Waals surface area contributed by atoms with E-state index in [0.29, 0.717) is 79.8 Å². The fourth-order valence-electron chi connectivity index (χ4n) is 6.08. The number of hydrogen-bond donors (Lipinski definition) is 1. The van der Waals surface area contributed by atoms with E-state index in [2.05, 4.69) is 5.32 Å². The zero-order valence-corrected chi connectivity index (χ0v) is 25.8. The van der Waals surface area contributed by atoms with Crippen LogP contribution in [0.4, 0.5) is 13.2 Å². The molecular formula is C35H33F3N4O3S. The predicted octanol–water partition coefficient (Wildman–Crippen LogP) is 6.88. The van der Waals surface area contributed by atoms with Crippen LogP contribution < -0.4 is 5.32 Å². The van der Waals surface area contributed by atoms with E-state index in [9.17, 15) is 27.6 Å². The number of carbonyl (C=O) groups is 3. The summed E-state index contributed by atoms with van der Waals surface area (Å²) in [6, 6.07) is 20.9. The van der Waals surface area contributed by atoms with Crippen molar-refractivity contribution in [3.8, 4) is 11.1 Å². The second-order valence-electron chi connectivity index (χ2n) is 11.7. The lowest BCUT2D eigenvalue weighted by Gasteiger charge is -2.32. The maximum atomic E-state index is 13.5. The minimum Gasteiger partial charge on any atom is -0.349 e. The van der Waals surface area contributed by atoms with Crippen molar-refractivity contribution in [2.24, 2.45) is 0 Å². The Hall–Kier alpha value is -4.51. The van der Waals surface area contributed by atoms with Gasteiger partial charge in [0.05, 0.1) is 10.6 Å². The van der Waals surface area contributed by atoms with Gasteiger partial charge in [0, 0.05) is 54.6 Å².